The summed E-state index contributed by atoms with van der Waals surface area (Å²) in [6.45, 7) is 1.78. The predicted octanol–water partition coefficient (Wildman–Crippen LogP) is 3.06. The summed E-state index contributed by atoms with van der Waals surface area (Å²) < 4.78 is 0. The van der Waals surface area contributed by atoms with Crippen molar-refractivity contribution in [2.75, 3.05) is 5.32 Å². The van der Waals surface area contributed by atoms with Crippen molar-refractivity contribution in [2.24, 2.45) is 5.92 Å². The predicted molar refractivity (Wildman–Crippen MR) is 91.2 cm³/mol. The molecule has 1 aliphatic carbocycles. The van der Waals surface area contributed by atoms with Crippen LogP contribution in [0.15, 0.2) is 18.2 Å². The first-order valence-corrected chi connectivity index (χ1v) is 8.37. The van der Waals surface area contributed by atoms with Crippen LogP contribution >= 0.6 is 11.6 Å². The zero-order valence-electron chi connectivity index (χ0n) is 13.5. The lowest BCUT2D eigenvalue weighted by molar-refractivity contribution is -0.125. The minimum atomic E-state index is -1.12. The highest BCUT2D eigenvalue weighted by Crippen LogP contribution is 2.25. The van der Waals surface area contributed by atoms with Gasteiger partial charge in [-0.05, 0) is 38.0 Å². The molecule has 1 atom stereocenters. The van der Waals surface area contributed by atoms with E-state index in [4.69, 9.17) is 16.7 Å². The molecule has 1 unspecified atom stereocenters. The molecule has 6 nitrogen and oxygen atoms in total. The lowest BCUT2D eigenvalue weighted by atomic mass is 10.1. The molecule has 3 N–H and O–H groups in total. The molecule has 1 saturated carbocycles. The fourth-order valence-electron chi connectivity index (χ4n) is 2.86. The van der Waals surface area contributed by atoms with Crippen LogP contribution in [0.2, 0.25) is 5.02 Å². The average molecular weight is 353 g/mol. The van der Waals surface area contributed by atoms with Crippen LogP contribution in [0.3, 0.4) is 0 Å². The third-order valence-corrected chi connectivity index (χ3v) is 4.40. The van der Waals surface area contributed by atoms with Gasteiger partial charge in [0.05, 0.1) is 10.6 Å². The Morgan fingerprint density at radius 3 is 2.54 bits per heavy atom. The molecule has 0 saturated heterocycles. The van der Waals surface area contributed by atoms with E-state index in [2.05, 4.69) is 10.6 Å². The van der Waals surface area contributed by atoms with Crippen LogP contribution in [0.5, 0.6) is 0 Å². The number of aromatic carboxylic acids is 1. The van der Waals surface area contributed by atoms with Gasteiger partial charge in [-0.1, -0.05) is 24.4 Å². The largest absolute Gasteiger partial charge is 0.478 e. The van der Waals surface area contributed by atoms with E-state index in [-0.39, 0.29) is 40.8 Å². The van der Waals surface area contributed by atoms with Gasteiger partial charge in [0.25, 0.3) is 0 Å². The maximum atomic E-state index is 12.0. The van der Waals surface area contributed by atoms with Gasteiger partial charge in [0.2, 0.25) is 11.8 Å². The Bertz CT molecular complexity index is 641. The van der Waals surface area contributed by atoms with E-state index in [0.29, 0.717) is 5.69 Å². The van der Waals surface area contributed by atoms with Crippen molar-refractivity contribution in [2.45, 2.75) is 45.1 Å². The Balaban J connectivity index is 1.85. The maximum Gasteiger partial charge on any atom is 0.337 e. The second-order valence-electron chi connectivity index (χ2n) is 6.14. The van der Waals surface area contributed by atoms with Gasteiger partial charge in [-0.2, -0.15) is 0 Å². The van der Waals surface area contributed by atoms with Gasteiger partial charge in [0.1, 0.15) is 0 Å². The third kappa shape index (κ3) is 4.96. The van der Waals surface area contributed by atoms with E-state index in [1.165, 1.54) is 18.2 Å². The molecule has 24 heavy (non-hydrogen) atoms. The Labute approximate surface area is 145 Å². The van der Waals surface area contributed by atoms with E-state index >= 15 is 0 Å². The van der Waals surface area contributed by atoms with Crippen LogP contribution in [0.25, 0.3) is 0 Å². The number of nitrogens with one attached hydrogen (secondary N) is 2. The molecule has 0 radical (unpaired) electrons. The van der Waals surface area contributed by atoms with Gasteiger partial charge < -0.3 is 15.7 Å². The van der Waals surface area contributed by atoms with E-state index in [9.17, 15) is 14.4 Å². The SMILES string of the molecule is CC(CC(=O)Nc1ccc(C(=O)O)c(Cl)c1)NC(=O)C1CCCC1. The molecule has 0 bridgehead atoms. The number of carboxylic acids is 1. The third-order valence-electron chi connectivity index (χ3n) is 4.09. The number of benzene rings is 1. The van der Waals surface area contributed by atoms with Crippen molar-refractivity contribution in [1.82, 2.24) is 5.32 Å². The summed E-state index contributed by atoms with van der Waals surface area (Å²) in [7, 11) is 0. The van der Waals surface area contributed by atoms with Crippen LogP contribution in [-0.2, 0) is 9.59 Å². The number of hydrogen-bond acceptors (Lipinski definition) is 3. The second kappa shape index (κ2) is 8.15. The van der Waals surface area contributed by atoms with Gasteiger partial charge >= 0.3 is 5.97 Å². The zero-order valence-corrected chi connectivity index (χ0v) is 14.2. The molecule has 2 amide bonds. The van der Waals surface area contributed by atoms with Crippen LogP contribution in [0, 0.1) is 5.92 Å². The molecule has 1 fully saturated rings. The first kappa shape index (κ1) is 18.3. The van der Waals surface area contributed by atoms with Gasteiger partial charge in [0, 0.05) is 24.1 Å². The highest BCUT2D eigenvalue weighted by atomic mass is 35.5. The van der Waals surface area contributed by atoms with Gasteiger partial charge in [0.15, 0.2) is 0 Å². The van der Waals surface area contributed by atoms with Crippen molar-refractivity contribution in [3.05, 3.63) is 28.8 Å². The fraction of sp³-hybridized carbons (Fsp3) is 0.471. The van der Waals surface area contributed by atoms with Gasteiger partial charge in [-0.15, -0.1) is 0 Å². The summed E-state index contributed by atoms with van der Waals surface area (Å²) in [4.78, 5) is 35.0. The normalized spacial score (nSPS) is 15.8. The van der Waals surface area contributed by atoms with Crippen molar-refractivity contribution in [1.29, 1.82) is 0 Å². The molecule has 1 aromatic carbocycles. The van der Waals surface area contributed by atoms with E-state index in [0.717, 1.165) is 25.7 Å². The Morgan fingerprint density at radius 2 is 1.96 bits per heavy atom. The van der Waals surface area contributed by atoms with Gasteiger partial charge in [-0.3, -0.25) is 9.59 Å². The van der Waals surface area contributed by atoms with Crippen molar-refractivity contribution in [3.63, 3.8) is 0 Å². The molecule has 130 valence electrons. The lowest BCUT2D eigenvalue weighted by Gasteiger charge is -2.17. The minimum absolute atomic E-state index is 0.0154. The molecule has 1 aromatic rings. The van der Waals surface area contributed by atoms with Crippen LogP contribution in [0.1, 0.15) is 49.4 Å². The van der Waals surface area contributed by atoms with E-state index < -0.39 is 5.97 Å². The number of hydrogen-bond donors (Lipinski definition) is 3. The molecular weight excluding hydrogens is 332 g/mol. The number of carbonyl (C=O) groups excluding carboxylic acids is 2. The van der Waals surface area contributed by atoms with Gasteiger partial charge in [-0.25, -0.2) is 4.79 Å². The molecule has 7 heteroatoms. The fourth-order valence-corrected chi connectivity index (χ4v) is 3.12. The van der Waals surface area contributed by atoms with Crippen molar-refractivity contribution >= 4 is 35.1 Å². The summed E-state index contributed by atoms with van der Waals surface area (Å²) in [5.74, 6) is -1.31. The van der Waals surface area contributed by atoms with E-state index in [1.54, 1.807) is 6.92 Å². The number of carboxylic acid groups (broad SMARTS) is 1. The number of amides is 2. The van der Waals surface area contributed by atoms with Crippen LogP contribution < -0.4 is 10.6 Å². The first-order valence-electron chi connectivity index (χ1n) is 8.00. The Morgan fingerprint density at radius 1 is 1.29 bits per heavy atom. The smallest absolute Gasteiger partial charge is 0.337 e. The zero-order chi connectivity index (χ0) is 17.7. The highest BCUT2D eigenvalue weighted by Gasteiger charge is 2.24. The summed E-state index contributed by atoms with van der Waals surface area (Å²) in [5.41, 5.74) is 0.399. The standard InChI is InChI=1S/C17H21ClN2O4/c1-10(19-16(22)11-4-2-3-5-11)8-15(21)20-12-6-7-13(17(23)24)14(18)9-12/h6-7,9-11H,2-5,8H2,1H3,(H,19,22)(H,20,21)(H,23,24). The maximum absolute atomic E-state index is 12.0. The molecule has 2 rings (SSSR count). The topological polar surface area (TPSA) is 95.5 Å². The molecule has 0 heterocycles. The number of carbonyl (C=O) groups is 3. The van der Waals surface area contributed by atoms with Crippen LogP contribution in [-0.4, -0.2) is 28.9 Å². The molecule has 0 aromatic heterocycles. The lowest BCUT2D eigenvalue weighted by Crippen LogP contribution is -2.38. The Hall–Kier alpha value is -2.08. The summed E-state index contributed by atoms with van der Waals surface area (Å²) in [6, 6.07) is 3.94. The Kier molecular flexibility index (Phi) is 6.20. The summed E-state index contributed by atoms with van der Waals surface area (Å²) >= 11 is 5.87. The number of halogens is 1. The van der Waals surface area contributed by atoms with E-state index in [1.807, 2.05) is 0 Å². The van der Waals surface area contributed by atoms with Crippen LogP contribution in [0.4, 0.5) is 5.69 Å². The number of anilines is 1. The molecular formula is C17H21ClN2O4. The monoisotopic (exact) mass is 352 g/mol. The highest BCUT2D eigenvalue weighted by molar-refractivity contribution is 6.33. The van der Waals surface area contributed by atoms with Crippen molar-refractivity contribution < 1.29 is 19.5 Å². The molecule has 0 aliphatic heterocycles. The molecule has 1 aliphatic rings. The van der Waals surface area contributed by atoms with Crippen molar-refractivity contribution in [3.8, 4) is 0 Å². The summed E-state index contributed by atoms with van der Waals surface area (Å²) in [5, 5.41) is 14.5. The first-order chi connectivity index (χ1) is 11.4. The molecule has 0 spiro atoms. The summed E-state index contributed by atoms with van der Waals surface area (Å²) in [6.07, 6.45) is 4.13. The minimum Gasteiger partial charge on any atom is -0.478 e. The number of rotatable bonds is 6. The second-order valence-corrected chi connectivity index (χ2v) is 6.55. The quantitative estimate of drug-likeness (QED) is 0.733. The average Bonchev–Trinajstić information content (AvgIpc) is 3.00.